The van der Waals surface area contributed by atoms with Gasteiger partial charge < -0.3 is 14.8 Å². The van der Waals surface area contributed by atoms with Gasteiger partial charge in [0.05, 0.1) is 12.1 Å². The number of nitrogens with zero attached hydrogens (tertiary/aromatic N) is 2. The van der Waals surface area contributed by atoms with E-state index in [0.29, 0.717) is 0 Å². The minimum atomic E-state index is 0.00666. The van der Waals surface area contributed by atoms with Gasteiger partial charge in [-0.1, -0.05) is 42.0 Å². The largest absolute Gasteiger partial charge is 0.341 e. The number of rotatable bonds is 2. The molecule has 1 aliphatic heterocycles. The van der Waals surface area contributed by atoms with Crippen LogP contribution in [0.2, 0.25) is 0 Å². The van der Waals surface area contributed by atoms with Crippen molar-refractivity contribution in [1.29, 1.82) is 0 Å². The van der Waals surface area contributed by atoms with Crippen molar-refractivity contribution in [3.05, 3.63) is 70.9 Å². The van der Waals surface area contributed by atoms with Crippen LogP contribution < -0.4 is 5.32 Å². The summed E-state index contributed by atoms with van der Waals surface area (Å²) in [4.78, 5) is 15.2. The van der Waals surface area contributed by atoms with Crippen LogP contribution in [-0.4, -0.2) is 22.0 Å². The van der Waals surface area contributed by atoms with E-state index in [1.54, 1.807) is 0 Å². The summed E-state index contributed by atoms with van der Waals surface area (Å²) in [7, 11) is 0. The van der Waals surface area contributed by atoms with E-state index < -0.39 is 0 Å². The van der Waals surface area contributed by atoms with E-state index in [0.717, 1.165) is 37.9 Å². The van der Waals surface area contributed by atoms with Gasteiger partial charge in [0.15, 0.2) is 0 Å². The Labute approximate surface area is 166 Å². The fraction of sp³-hybridized carbons (Fsp3) is 0.375. The second kappa shape index (κ2) is 6.69. The van der Waals surface area contributed by atoms with Crippen LogP contribution in [0.1, 0.15) is 54.2 Å². The number of carbonyl (C=O) groups is 1. The van der Waals surface area contributed by atoms with Crippen molar-refractivity contribution in [3.8, 4) is 0 Å². The normalized spacial score (nSPS) is 19.4. The summed E-state index contributed by atoms with van der Waals surface area (Å²) in [5, 5.41) is 4.61. The standard InChI is InChI=1S/C24H27N3O/c1-16-11-12-21-20(15-16)19-9-6-10-22-23(19)26(21)13-14-27(22)24(28)25-17(2)18-7-4-3-5-8-18/h3-5,7-8,11-12,15,17,22H,6,9-10,13-14H2,1-2H3,(H,25,28)/t17-,22-/m1/s1. The Balaban J connectivity index is 1.47. The fourth-order valence-electron chi connectivity index (χ4n) is 5.05. The first-order valence-electron chi connectivity index (χ1n) is 10.4. The molecule has 2 heterocycles. The molecule has 4 nitrogen and oxygen atoms in total. The van der Waals surface area contributed by atoms with Crippen LogP contribution in [-0.2, 0) is 13.0 Å². The Morgan fingerprint density at radius 3 is 2.79 bits per heavy atom. The molecule has 2 aliphatic rings. The van der Waals surface area contributed by atoms with Crippen molar-refractivity contribution in [1.82, 2.24) is 14.8 Å². The van der Waals surface area contributed by atoms with Gasteiger partial charge in [-0.15, -0.1) is 0 Å². The van der Waals surface area contributed by atoms with Gasteiger partial charge in [-0.3, -0.25) is 0 Å². The van der Waals surface area contributed by atoms with E-state index in [1.807, 2.05) is 18.2 Å². The van der Waals surface area contributed by atoms with Crippen LogP contribution in [0.15, 0.2) is 48.5 Å². The third kappa shape index (κ3) is 2.70. The number of carbonyl (C=O) groups excluding carboxylic acids is 1. The summed E-state index contributed by atoms with van der Waals surface area (Å²) in [5.41, 5.74) is 6.62. The predicted molar refractivity (Wildman–Crippen MR) is 112 cm³/mol. The fourth-order valence-corrected chi connectivity index (χ4v) is 5.05. The zero-order chi connectivity index (χ0) is 19.3. The van der Waals surface area contributed by atoms with E-state index in [2.05, 4.69) is 59.0 Å². The predicted octanol–water partition coefficient (Wildman–Crippen LogP) is 5.11. The molecule has 0 saturated carbocycles. The highest BCUT2D eigenvalue weighted by molar-refractivity contribution is 5.87. The number of hydrogen-bond donors (Lipinski definition) is 1. The Kier molecular flexibility index (Phi) is 4.15. The molecule has 2 amide bonds. The molecule has 0 fully saturated rings. The summed E-state index contributed by atoms with van der Waals surface area (Å²) in [6.45, 7) is 5.86. The lowest BCUT2D eigenvalue weighted by molar-refractivity contribution is 0.144. The molecule has 5 rings (SSSR count). The maximum atomic E-state index is 13.2. The monoisotopic (exact) mass is 373 g/mol. The summed E-state index contributed by atoms with van der Waals surface area (Å²) >= 11 is 0. The zero-order valence-corrected chi connectivity index (χ0v) is 16.6. The van der Waals surface area contributed by atoms with E-state index in [4.69, 9.17) is 0 Å². The summed E-state index contributed by atoms with van der Waals surface area (Å²) < 4.78 is 2.47. The highest BCUT2D eigenvalue weighted by Crippen LogP contribution is 2.42. The van der Waals surface area contributed by atoms with Crippen molar-refractivity contribution < 1.29 is 4.79 Å². The second-order valence-electron chi connectivity index (χ2n) is 8.22. The summed E-state index contributed by atoms with van der Waals surface area (Å²) in [6, 6.07) is 17.2. The highest BCUT2D eigenvalue weighted by atomic mass is 16.2. The number of nitrogens with one attached hydrogen (secondary N) is 1. The number of aromatic nitrogens is 1. The SMILES string of the molecule is Cc1ccc2c(c1)c1c3n2CCN(C(=O)N[C@H](C)c2ccccc2)[C@@H]3CCC1. The third-order valence-electron chi connectivity index (χ3n) is 6.43. The minimum absolute atomic E-state index is 0.00666. The molecule has 28 heavy (non-hydrogen) atoms. The van der Waals surface area contributed by atoms with Crippen LogP contribution in [0.3, 0.4) is 0 Å². The van der Waals surface area contributed by atoms with Gasteiger partial charge >= 0.3 is 6.03 Å². The number of urea groups is 1. The minimum Gasteiger partial charge on any atom is -0.341 e. The molecule has 0 bridgehead atoms. The van der Waals surface area contributed by atoms with Crippen LogP contribution in [0.4, 0.5) is 4.79 Å². The summed E-state index contributed by atoms with van der Waals surface area (Å²) in [6.07, 6.45) is 3.31. The topological polar surface area (TPSA) is 37.3 Å². The van der Waals surface area contributed by atoms with Crippen molar-refractivity contribution in [3.63, 3.8) is 0 Å². The van der Waals surface area contributed by atoms with Crippen LogP contribution in [0.5, 0.6) is 0 Å². The first-order chi connectivity index (χ1) is 13.6. The third-order valence-corrected chi connectivity index (χ3v) is 6.43. The molecule has 1 aromatic heterocycles. The van der Waals surface area contributed by atoms with E-state index in [9.17, 15) is 4.79 Å². The molecule has 1 N–H and O–H groups in total. The highest BCUT2D eigenvalue weighted by Gasteiger charge is 2.37. The Hall–Kier alpha value is -2.75. The number of fused-ring (bicyclic) bond motifs is 3. The number of amides is 2. The molecular weight excluding hydrogens is 346 g/mol. The van der Waals surface area contributed by atoms with Gasteiger partial charge in [0.1, 0.15) is 0 Å². The van der Waals surface area contributed by atoms with Gasteiger partial charge in [0.25, 0.3) is 0 Å². The molecule has 144 valence electrons. The van der Waals surface area contributed by atoms with Crippen molar-refractivity contribution in [2.24, 2.45) is 0 Å². The average Bonchev–Trinajstić information content (AvgIpc) is 3.04. The van der Waals surface area contributed by atoms with Gasteiger partial charge in [-0.05, 0) is 56.4 Å². The zero-order valence-electron chi connectivity index (χ0n) is 16.6. The van der Waals surface area contributed by atoms with Crippen molar-refractivity contribution in [2.45, 2.75) is 51.7 Å². The first kappa shape index (κ1) is 17.4. The maximum absolute atomic E-state index is 13.2. The Morgan fingerprint density at radius 1 is 1.14 bits per heavy atom. The molecule has 0 unspecified atom stereocenters. The van der Waals surface area contributed by atoms with E-state index in [-0.39, 0.29) is 18.1 Å². The van der Waals surface area contributed by atoms with Gasteiger partial charge in [0.2, 0.25) is 0 Å². The molecule has 4 heteroatoms. The van der Waals surface area contributed by atoms with Gasteiger partial charge in [0, 0.05) is 29.7 Å². The molecule has 1 aliphatic carbocycles. The van der Waals surface area contributed by atoms with Gasteiger partial charge in [-0.25, -0.2) is 4.79 Å². The lowest BCUT2D eigenvalue weighted by Gasteiger charge is -2.40. The smallest absolute Gasteiger partial charge is 0.318 e. The van der Waals surface area contributed by atoms with Crippen molar-refractivity contribution >= 4 is 16.9 Å². The number of benzene rings is 2. The van der Waals surface area contributed by atoms with Crippen LogP contribution >= 0.6 is 0 Å². The molecule has 0 saturated heterocycles. The molecular formula is C24H27N3O. The van der Waals surface area contributed by atoms with Gasteiger partial charge in [-0.2, -0.15) is 0 Å². The molecule has 0 radical (unpaired) electrons. The number of hydrogen-bond acceptors (Lipinski definition) is 1. The van der Waals surface area contributed by atoms with Crippen LogP contribution in [0, 0.1) is 6.92 Å². The molecule has 2 atom stereocenters. The maximum Gasteiger partial charge on any atom is 0.318 e. The van der Waals surface area contributed by atoms with E-state index in [1.165, 1.54) is 27.7 Å². The molecule has 3 aromatic rings. The van der Waals surface area contributed by atoms with E-state index >= 15 is 0 Å². The molecule has 2 aromatic carbocycles. The lowest BCUT2D eigenvalue weighted by atomic mass is 9.89. The van der Waals surface area contributed by atoms with Crippen molar-refractivity contribution in [2.75, 3.05) is 6.54 Å². The van der Waals surface area contributed by atoms with Crippen LogP contribution in [0.25, 0.3) is 10.9 Å². The quantitative estimate of drug-likeness (QED) is 0.666. The Bertz CT molecular complexity index is 1040. The first-order valence-corrected chi connectivity index (χ1v) is 10.4. The Morgan fingerprint density at radius 2 is 1.96 bits per heavy atom. The number of aryl methyl sites for hydroxylation is 2. The molecule has 0 spiro atoms. The summed E-state index contributed by atoms with van der Waals surface area (Å²) in [5.74, 6) is 0. The average molecular weight is 374 g/mol. The second-order valence-corrected chi connectivity index (χ2v) is 8.22. The lowest BCUT2D eigenvalue weighted by Crippen LogP contribution is -2.48.